The Hall–Kier alpha value is -1.81. The van der Waals surface area contributed by atoms with Gasteiger partial charge in [0.1, 0.15) is 5.70 Å². The summed E-state index contributed by atoms with van der Waals surface area (Å²) in [5, 5.41) is 20.0. The SMILES string of the molecule is CC(NC(=O)C(F)F)[C@H]1C(=O)N2C(C(=O)O)=C(SC[C@@H]3C[C@H](NS(N)(=O)=O)CN3)[C@H](C)[C@H]12. The summed E-state index contributed by atoms with van der Waals surface area (Å²) in [4.78, 5) is 37.5. The lowest BCUT2D eigenvalue weighted by Gasteiger charge is -2.47. The topological polar surface area (TPSA) is 171 Å². The molecule has 3 rings (SSSR count). The van der Waals surface area contributed by atoms with E-state index in [1.165, 1.54) is 23.6 Å². The summed E-state index contributed by atoms with van der Waals surface area (Å²) in [6.45, 7) is 3.57. The number of rotatable bonds is 9. The van der Waals surface area contributed by atoms with E-state index in [-0.39, 0.29) is 23.7 Å². The minimum absolute atomic E-state index is 0.113. The number of nitrogens with two attached hydrogens (primary N) is 1. The van der Waals surface area contributed by atoms with Gasteiger partial charge >= 0.3 is 12.4 Å². The summed E-state index contributed by atoms with van der Waals surface area (Å²) in [5.74, 6) is -4.05. The number of nitrogens with one attached hydrogen (secondary N) is 3. The van der Waals surface area contributed by atoms with Gasteiger partial charge in [0, 0.05) is 41.2 Å². The first-order chi connectivity index (χ1) is 14.8. The second kappa shape index (κ2) is 9.21. The first-order valence-electron chi connectivity index (χ1n) is 9.87. The number of carboxylic acids is 1. The van der Waals surface area contributed by atoms with Crippen molar-refractivity contribution in [3.05, 3.63) is 10.6 Å². The van der Waals surface area contributed by atoms with E-state index >= 15 is 0 Å². The molecule has 6 atom stereocenters. The molecular formula is C17H25F2N5O6S2. The third-order valence-corrected chi connectivity index (χ3v) is 8.00. The molecule has 3 aliphatic heterocycles. The van der Waals surface area contributed by atoms with Gasteiger partial charge in [-0.15, -0.1) is 11.8 Å². The maximum atomic E-state index is 12.7. The number of halogens is 2. The lowest BCUT2D eigenvalue weighted by Crippen LogP contribution is -2.66. The maximum absolute atomic E-state index is 12.7. The zero-order valence-electron chi connectivity index (χ0n) is 17.2. The molecule has 0 radical (unpaired) electrons. The van der Waals surface area contributed by atoms with Crippen LogP contribution in [-0.2, 0) is 24.6 Å². The number of alkyl halides is 2. The van der Waals surface area contributed by atoms with Gasteiger partial charge in [0.15, 0.2) is 0 Å². The second-order valence-electron chi connectivity index (χ2n) is 8.14. The van der Waals surface area contributed by atoms with Gasteiger partial charge in [-0.05, 0) is 13.3 Å². The van der Waals surface area contributed by atoms with E-state index in [0.717, 1.165) is 0 Å². The Labute approximate surface area is 187 Å². The molecule has 0 aromatic heterocycles. The monoisotopic (exact) mass is 497 g/mol. The van der Waals surface area contributed by atoms with Crippen LogP contribution in [0.5, 0.6) is 0 Å². The van der Waals surface area contributed by atoms with Crippen molar-refractivity contribution < 1.29 is 36.7 Å². The molecule has 15 heteroatoms. The summed E-state index contributed by atoms with van der Waals surface area (Å²) < 4.78 is 49.8. The number of carbonyl (C=O) groups is 3. The minimum atomic E-state index is -3.84. The van der Waals surface area contributed by atoms with Crippen LogP contribution in [0.3, 0.4) is 0 Å². The van der Waals surface area contributed by atoms with Crippen molar-refractivity contribution in [1.29, 1.82) is 0 Å². The quantitative estimate of drug-likeness (QED) is 0.247. The second-order valence-corrected chi connectivity index (χ2v) is 10.5. The number of β-lactam (4-membered cyclic amide) rings is 1. The lowest BCUT2D eigenvalue weighted by atomic mass is 9.78. The predicted octanol–water partition coefficient (Wildman–Crippen LogP) is -1.21. The van der Waals surface area contributed by atoms with Crippen LogP contribution in [0.4, 0.5) is 8.78 Å². The highest BCUT2D eigenvalue weighted by Crippen LogP contribution is 2.50. The van der Waals surface area contributed by atoms with E-state index in [4.69, 9.17) is 5.14 Å². The highest BCUT2D eigenvalue weighted by molar-refractivity contribution is 8.03. The van der Waals surface area contributed by atoms with Crippen LogP contribution in [0.1, 0.15) is 20.3 Å². The number of carbonyl (C=O) groups excluding carboxylic acids is 2. The molecule has 32 heavy (non-hydrogen) atoms. The van der Waals surface area contributed by atoms with Gasteiger partial charge in [0.05, 0.1) is 12.0 Å². The summed E-state index contributed by atoms with van der Waals surface area (Å²) in [6, 6.07) is -1.93. The van der Waals surface area contributed by atoms with Crippen LogP contribution in [0, 0.1) is 11.8 Å². The highest BCUT2D eigenvalue weighted by atomic mass is 32.2. The van der Waals surface area contributed by atoms with Gasteiger partial charge in [-0.1, -0.05) is 6.92 Å². The van der Waals surface area contributed by atoms with Crippen LogP contribution in [0.25, 0.3) is 0 Å². The average Bonchev–Trinajstić information content (AvgIpc) is 3.18. The number of nitrogens with zero attached hydrogens (tertiary/aromatic N) is 1. The Bertz CT molecular complexity index is 946. The van der Waals surface area contributed by atoms with Gasteiger partial charge < -0.3 is 20.6 Å². The fourth-order valence-corrected chi connectivity index (χ4v) is 6.57. The molecule has 6 N–H and O–H groups in total. The zero-order valence-corrected chi connectivity index (χ0v) is 18.9. The van der Waals surface area contributed by atoms with Crippen molar-refractivity contribution in [3.63, 3.8) is 0 Å². The Morgan fingerprint density at radius 3 is 2.62 bits per heavy atom. The summed E-state index contributed by atoms with van der Waals surface area (Å²) >= 11 is 1.25. The number of amides is 2. The number of hydrogen-bond donors (Lipinski definition) is 5. The molecule has 0 aliphatic carbocycles. The minimum Gasteiger partial charge on any atom is -0.477 e. The normalized spacial score (nSPS) is 31.0. The van der Waals surface area contributed by atoms with Crippen LogP contribution < -0.4 is 20.5 Å². The zero-order chi connectivity index (χ0) is 24.0. The van der Waals surface area contributed by atoms with Gasteiger partial charge in [-0.3, -0.25) is 9.59 Å². The van der Waals surface area contributed by atoms with Crippen LogP contribution in [0.15, 0.2) is 10.6 Å². The summed E-state index contributed by atoms with van der Waals surface area (Å²) in [6.07, 6.45) is -2.76. The van der Waals surface area contributed by atoms with E-state index in [9.17, 15) is 36.7 Å². The van der Waals surface area contributed by atoms with Crippen LogP contribution in [-0.4, -0.2) is 79.1 Å². The Morgan fingerprint density at radius 2 is 2.06 bits per heavy atom. The van der Waals surface area contributed by atoms with Gasteiger partial charge in [-0.2, -0.15) is 21.9 Å². The van der Waals surface area contributed by atoms with Crippen molar-refractivity contribution in [3.8, 4) is 0 Å². The van der Waals surface area contributed by atoms with E-state index < -0.39 is 52.4 Å². The highest BCUT2D eigenvalue weighted by Gasteiger charge is 2.60. The van der Waals surface area contributed by atoms with Gasteiger partial charge in [-0.25, -0.2) is 9.93 Å². The number of thioether (sulfide) groups is 1. The van der Waals surface area contributed by atoms with E-state index in [2.05, 4.69) is 15.4 Å². The third-order valence-electron chi connectivity index (χ3n) is 5.89. The molecule has 3 heterocycles. The maximum Gasteiger partial charge on any atom is 0.353 e. The van der Waals surface area contributed by atoms with Gasteiger partial charge in [0.25, 0.3) is 16.1 Å². The molecule has 0 aromatic rings. The number of carboxylic acid groups (broad SMARTS) is 1. The molecule has 0 saturated carbocycles. The molecule has 2 amide bonds. The molecule has 2 saturated heterocycles. The van der Waals surface area contributed by atoms with Crippen LogP contribution >= 0.6 is 11.8 Å². The van der Waals surface area contributed by atoms with E-state index in [0.29, 0.717) is 23.6 Å². The molecule has 1 unspecified atom stereocenters. The average molecular weight is 498 g/mol. The molecule has 2 fully saturated rings. The Morgan fingerprint density at radius 1 is 1.41 bits per heavy atom. The van der Waals surface area contributed by atoms with Gasteiger partial charge in [0.2, 0.25) is 5.91 Å². The molecule has 11 nitrogen and oxygen atoms in total. The number of fused-ring (bicyclic) bond motifs is 1. The van der Waals surface area contributed by atoms with Crippen molar-refractivity contribution in [1.82, 2.24) is 20.3 Å². The molecule has 180 valence electrons. The smallest absolute Gasteiger partial charge is 0.353 e. The van der Waals surface area contributed by atoms with Crippen molar-refractivity contribution in [2.24, 2.45) is 17.0 Å². The third kappa shape index (κ3) is 4.90. The van der Waals surface area contributed by atoms with Crippen molar-refractivity contribution in [2.45, 2.75) is 50.9 Å². The first-order valence-corrected chi connectivity index (χ1v) is 12.4. The van der Waals surface area contributed by atoms with E-state index in [1.807, 2.05) is 0 Å². The number of hydrogen-bond acceptors (Lipinski definition) is 7. The fraction of sp³-hybridized carbons (Fsp3) is 0.706. The largest absolute Gasteiger partial charge is 0.477 e. The van der Waals surface area contributed by atoms with Crippen molar-refractivity contribution in [2.75, 3.05) is 12.3 Å². The molecule has 0 bridgehead atoms. The number of aliphatic carboxylic acids is 1. The Balaban J connectivity index is 1.68. The molecule has 0 aromatic carbocycles. The molecular weight excluding hydrogens is 472 g/mol. The lowest BCUT2D eigenvalue weighted by molar-refractivity contribution is -0.159. The fourth-order valence-electron chi connectivity index (χ4n) is 4.57. The standard InChI is InChI=1S/C17H25F2N5O6S2/c1-6-11-10(7(2)22-15(25)14(18)19)16(26)24(11)12(17(27)28)13(6)31-5-9-3-8(4-21-9)23-32(20,29)30/h6-11,14,21,23H,3-5H2,1-2H3,(H,22,25)(H,27,28)(H2,20,29,30)/t6-,7?,8+,9+,10-,11-/m1/s1. The van der Waals surface area contributed by atoms with Crippen molar-refractivity contribution >= 4 is 39.8 Å². The summed E-state index contributed by atoms with van der Waals surface area (Å²) in [7, 11) is -3.84. The Kier molecular flexibility index (Phi) is 7.14. The van der Waals surface area contributed by atoms with Crippen LogP contribution in [0.2, 0.25) is 0 Å². The van der Waals surface area contributed by atoms with E-state index in [1.54, 1.807) is 6.92 Å². The predicted molar refractivity (Wildman–Crippen MR) is 110 cm³/mol. The summed E-state index contributed by atoms with van der Waals surface area (Å²) in [5.41, 5.74) is -0.140. The first kappa shape index (κ1) is 24.8. The molecule has 0 spiro atoms. The molecule has 3 aliphatic rings.